The lowest BCUT2D eigenvalue weighted by Crippen LogP contribution is -2.18. The van der Waals surface area contributed by atoms with Crippen molar-refractivity contribution in [3.05, 3.63) is 89.7 Å². The molecule has 1 heterocycles. The second kappa shape index (κ2) is 8.27. The molecule has 136 valence electrons. The van der Waals surface area contributed by atoms with Gasteiger partial charge in [0.2, 0.25) is 0 Å². The van der Waals surface area contributed by atoms with E-state index in [2.05, 4.69) is 27.3 Å². The van der Waals surface area contributed by atoms with E-state index in [1.807, 2.05) is 31.3 Å². The minimum Gasteiger partial charge on any atom is -0.369 e. The first-order valence-corrected chi connectivity index (χ1v) is 8.66. The van der Waals surface area contributed by atoms with Gasteiger partial charge in [-0.3, -0.25) is 9.59 Å². The maximum Gasteiger partial charge on any atom is 0.274 e. The summed E-state index contributed by atoms with van der Waals surface area (Å²) in [6.45, 7) is 2.27. The summed E-state index contributed by atoms with van der Waals surface area (Å²) in [4.78, 5) is 30.0. The zero-order chi connectivity index (χ0) is 19.2. The van der Waals surface area contributed by atoms with Gasteiger partial charge in [-0.25, -0.2) is 4.98 Å². The quantitative estimate of drug-likeness (QED) is 0.671. The molecule has 0 radical (unpaired) electrons. The maximum absolute atomic E-state index is 12.4. The van der Waals surface area contributed by atoms with Crippen molar-refractivity contribution >= 4 is 23.1 Å². The number of benzene rings is 2. The average molecular weight is 359 g/mol. The van der Waals surface area contributed by atoms with Gasteiger partial charge < -0.3 is 10.2 Å². The summed E-state index contributed by atoms with van der Waals surface area (Å²) >= 11 is 0. The molecule has 0 atom stereocenters. The second-order valence-electron chi connectivity index (χ2n) is 6.33. The van der Waals surface area contributed by atoms with E-state index in [-0.39, 0.29) is 11.7 Å². The fourth-order valence-electron chi connectivity index (χ4n) is 2.68. The molecule has 0 aliphatic heterocycles. The fourth-order valence-corrected chi connectivity index (χ4v) is 2.68. The van der Waals surface area contributed by atoms with Crippen molar-refractivity contribution in [1.29, 1.82) is 0 Å². The van der Waals surface area contributed by atoms with Crippen LogP contribution in [-0.2, 0) is 6.54 Å². The van der Waals surface area contributed by atoms with Crippen molar-refractivity contribution in [2.75, 3.05) is 17.3 Å². The minimum atomic E-state index is -0.289. The van der Waals surface area contributed by atoms with Crippen LogP contribution in [-0.4, -0.2) is 23.7 Å². The van der Waals surface area contributed by atoms with Crippen LogP contribution >= 0.6 is 0 Å². The number of carbonyl (C=O) groups excluding carboxylic acids is 2. The zero-order valence-electron chi connectivity index (χ0n) is 15.3. The smallest absolute Gasteiger partial charge is 0.274 e. The first kappa shape index (κ1) is 18.3. The number of ketones is 1. The van der Waals surface area contributed by atoms with Crippen LogP contribution in [0.2, 0.25) is 0 Å². The number of amides is 1. The van der Waals surface area contributed by atoms with Gasteiger partial charge in [0.1, 0.15) is 5.69 Å². The lowest BCUT2D eigenvalue weighted by Gasteiger charge is -2.19. The predicted octanol–water partition coefficient (Wildman–Crippen LogP) is 4.17. The fraction of sp³-hybridized carbons (Fsp3) is 0.136. The molecule has 0 spiro atoms. The Morgan fingerprint density at radius 2 is 1.67 bits per heavy atom. The summed E-state index contributed by atoms with van der Waals surface area (Å²) in [6.07, 6.45) is 1.69. The van der Waals surface area contributed by atoms with Crippen LogP contribution in [0.25, 0.3) is 0 Å². The SMILES string of the molecule is CC(=O)c1ccc(NC(=O)c2ccc(N(C)Cc3ccccc3)cn2)cc1. The van der Waals surface area contributed by atoms with E-state index in [1.54, 1.807) is 36.5 Å². The predicted molar refractivity (Wildman–Crippen MR) is 107 cm³/mol. The molecule has 0 unspecified atom stereocenters. The number of rotatable bonds is 6. The number of hydrogen-bond acceptors (Lipinski definition) is 4. The highest BCUT2D eigenvalue weighted by atomic mass is 16.2. The summed E-state index contributed by atoms with van der Waals surface area (Å²) in [5.41, 5.74) is 3.70. The van der Waals surface area contributed by atoms with Crippen molar-refractivity contribution in [3.8, 4) is 0 Å². The molecule has 1 amide bonds. The number of hydrogen-bond donors (Lipinski definition) is 1. The third-order valence-electron chi connectivity index (χ3n) is 4.23. The molecule has 0 fully saturated rings. The van der Waals surface area contributed by atoms with Gasteiger partial charge in [0.15, 0.2) is 5.78 Å². The molecular formula is C22H21N3O2. The molecular weight excluding hydrogens is 338 g/mol. The van der Waals surface area contributed by atoms with E-state index in [4.69, 9.17) is 0 Å². The largest absolute Gasteiger partial charge is 0.369 e. The summed E-state index contributed by atoms with van der Waals surface area (Å²) in [5.74, 6) is -0.299. The van der Waals surface area contributed by atoms with Crippen LogP contribution in [0, 0.1) is 0 Å². The molecule has 1 aromatic heterocycles. The molecule has 0 bridgehead atoms. The van der Waals surface area contributed by atoms with Crippen LogP contribution in [0.1, 0.15) is 33.3 Å². The molecule has 0 saturated carbocycles. The van der Waals surface area contributed by atoms with Crippen LogP contribution in [0.15, 0.2) is 72.9 Å². The van der Waals surface area contributed by atoms with Gasteiger partial charge in [0, 0.05) is 24.8 Å². The van der Waals surface area contributed by atoms with E-state index in [0.717, 1.165) is 12.2 Å². The first-order chi connectivity index (χ1) is 13.0. The summed E-state index contributed by atoms with van der Waals surface area (Å²) < 4.78 is 0. The van der Waals surface area contributed by atoms with Gasteiger partial charge in [-0.1, -0.05) is 30.3 Å². The van der Waals surface area contributed by atoms with E-state index in [0.29, 0.717) is 16.9 Å². The van der Waals surface area contributed by atoms with E-state index in [1.165, 1.54) is 12.5 Å². The lowest BCUT2D eigenvalue weighted by molar-refractivity contribution is 0.101. The van der Waals surface area contributed by atoms with Gasteiger partial charge in [-0.05, 0) is 48.9 Å². The third kappa shape index (κ3) is 4.79. The Morgan fingerprint density at radius 3 is 2.26 bits per heavy atom. The highest BCUT2D eigenvalue weighted by molar-refractivity contribution is 6.03. The van der Waals surface area contributed by atoms with Crippen LogP contribution < -0.4 is 10.2 Å². The number of nitrogens with zero attached hydrogens (tertiary/aromatic N) is 2. The van der Waals surface area contributed by atoms with Crippen LogP contribution in [0.3, 0.4) is 0 Å². The van der Waals surface area contributed by atoms with Crippen molar-refractivity contribution in [2.45, 2.75) is 13.5 Å². The van der Waals surface area contributed by atoms with Crippen LogP contribution in [0.5, 0.6) is 0 Å². The molecule has 0 saturated heterocycles. The number of pyridine rings is 1. The van der Waals surface area contributed by atoms with Gasteiger partial charge >= 0.3 is 0 Å². The Kier molecular flexibility index (Phi) is 5.61. The van der Waals surface area contributed by atoms with E-state index >= 15 is 0 Å². The van der Waals surface area contributed by atoms with Gasteiger partial charge in [0.05, 0.1) is 11.9 Å². The zero-order valence-corrected chi connectivity index (χ0v) is 15.3. The molecule has 3 aromatic rings. The van der Waals surface area contributed by atoms with Crippen LogP contribution in [0.4, 0.5) is 11.4 Å². The number of anilines is 2. The lowest BCUT2D eigenvalue weighted by atomic mass is 10.1. The topological polar surface area (TPSA) is 62.3 Å². The van der Waals surface area contributed by atoms with E-state index < -0.39 is 0 Å². The molecule has 0 aliphatic rings. The Balaban J connectivity index is 1.63. The van der Waals surface area contributed by atoms with E-state index in [9.17, 15) is 9.59 Å². The van der Waals surface area contributed by atoms with Gasteiger partial charge in [0.25, 0.3) is 5.91 Å². The molecule has 27 heavy (non-hydrogen) atoms. The normalized spacial score (nSPS) is 10.3. The maximum atomic E-state index is 12.4. The van der Waals surface area contributed by atoms with Crippen molar-refractivity contribution in [3.63, 3.8) is 0 Å². The highest BCUT2D eigenvalue weighted by Gasteiger charge is 2.10. The first-order valence-electron chi connectivity index (χ1n) is 8.66. The summed E-state index contributed by atoms with van der Waals surface area (Å²) in [6, 6.07) is 20.5. The minimum absolute atomic E-state index is 0.00949. The standard InChI is InChI=1S/C22H21N3O2/c1-16(26)18-8-10-19(11-9-18)24-22(27)21-13-12-20(14-23-21)25(2)15-17-6-4-3-5-7-17/h3-14H,15H2,1-2H3,(H,24,27). The average Bonchev–Trinajstić information content (AvgIpc) is 2.69. The Hall–Kier alpha value is -3.47. The van der Waals surface area contributed by atoms with Crippen molar-refractivity contribution < 1.29 is 9.59 Å². The van der Waals surface area contributed by atoms with Gasteiger partial charge in [-0.2, -0.15) is 0 Å². The molecule has 1 N–H and O–H groups in total. The van der Waals surface area contributed by atoms with Crippen molar-refractivity contribution in [1.82, 2.24) is 4.98 Å². The Morgan fingerprint density at radius 1 is 0.963 bits per heavy atom. The Bertz CT molecular complexity index is 920. The molecule has 5 nitrogen and oxygen atoms in total. The van der Waals surface area contributed by atoms with Gasteiger partial charge in [-0.15, -0.1) is 0 Å². The molecule has 3 rings (SSSR count). The number of nitrogens with one attached hydrogen (secondary N) is 1. The molecule has 2 aromatic carbocycles. The third-order valence-corrected chi connectivity index (χ3v) is 4.23. The monoisotopic (exact) mass is 359 g/mol. The summed E-state index contributed by atoms with van der Waals surface area (Å²) in [7, 11) is 1.99. The second-order valence-corrected chi connectivity index (χ2v) is 6.33. The Labute approximate surface area is 158 Å². The van der Waals surface area contributed by atoms with Crippen molar-refractivity contribution in [2.24, 2.45) is 0 Å². The number of carbonyl (C=O) groups is 2. The number of aromatic nitrogens is 1. The molecule has 5 heteroatoms. The number of Topliss-reactive ketones (excluding diaryl/α,β-unsaturated/α-hetero) is 1. The molecule has 0 aliphatic carbocycles. The highest BCUT2D eigenvalue weighted by Crippen LogP contribution is 2.16. The summed E-state index contributed by atoms with van der Waals surface area (Å²) in [5, 5.41) is 2.79.